The summed E-state index contributed by atoms with van der Waals surface area (Å²) in [7, 11) is 0. The van der Waals surface area contributed by atoms with Gasteiger partial charge in [0.2, 0.25) is 0 Å². The molecule has 0 saturated carbocycles. The molecule has 15 heavy (non-hydrogen) atoms. The van der Waals surface area contributed by atoms with E-state index in [-0.39, 0.29) is 6.42 Å². The van der Waals surface area contributed by atoms with Crippen LogP contribution in [0.5, 0.6) is 5.75 Å². The molecule has 0 radical (unpaired) electrons. The quantitative estimate of drug-likeness (QED) is 0.639. The maximum absolute atomic E-state index is 10.4. The normalized spacial score (nSPS) is 9.93. The van der Waals surface area contributed by atoms with Crippen molar-refractivity contribution < 1.29 is 14.6 Å². The van der Waals surface area contributed by atoms with Crippen molar-refractivity contribution in [1.82, 2.24) is 0 Å². The van der Waals surface area contributed by atoms with Gasteiger partial charge < -0.3 is 9.84 Å². The smallest absolute Gasteiger partial charge is 0.307 e. The van der Waals surface area contributed by atoms with Gasteiger partial charge in [-0.25, -0.2) is 0 Å². The zero-order chi connectivity index (χ0) is 11.1. The van der Waals surface area contributed by atoms with Gasteiger partial charge in [-0.2, -0.15) is 0 Å². The van der Waals surface area contributed by atoms with Gasteiger partial charge in [0.1, 0.15) is 5.75 Å². The number of aliphatic carboxylic acids is 1. The Bertz CT molecular complexity index is 308. The van der Waals surface area contributed by atoms with Gasteiger partial charge in [-0.3, -0.25) is 4.79 Å². The summed E-state index contributed by atoms with van der Waals surface area (Å²) < 4.78 is 5.43. The van der Waals surface area contributed by atoms with Crippen molar-refractivity contribution in [2.75, 3.05) is 11.9 Å². The minimum Gasteiger partial charge on any atom is -0.494 e. The number of carbonyl (C=O) groups is 1. The van der Waals surface area contributed by atoms with Gasteiger partial charge in [0.05, 0.1) is 13.0 Å². The number of rotatable bonds is 6. The molecule has 1 aromatic rings. The molecule has 0 aliphatic heterocycles. The van der Waals surface area contributed by atoms with Crippen LogP contribution < -0.4 is 4.74 Å². The molecule has 0 atom stereocenters. The van der Waals surface area contributed by atoms with E-state index in [0.717, 1.165) is 23.1 Å². The van der Waals surface area contributed by atoms with Crippen molar-refractivity contribution >= 4 is 21.9 Å². The highest BCUT2D eigenvalue weighted by molar-refractivity contribution is 9.09. The Balaban J connectivity index is 2.45. The van der Waals surface area contributed by atoms with E-state index in [4.69, 9.17) is 9.84 Å². The van der Waals surface area contributed by atoms with E-state index >= 15 is 0 Å². The van der Waals surface area contributed by atoms with Crippen molar-refractivity contribution in [2.45, 2.75) is 12.8 Å². The predicted octanol–water partition coefficient (Wildman–Crippen LogP) is 2.48. The van der Waals surface area contributed by atoms with Gasteiger partial charge in [-0.05, 0) is 24.1 Å². The molecular formula is C11H13BrO3. The van der Waals surface area contributed by atoms with Gasteiger partial charge in [0, 0.05) is 5.33 Å². The number of hydrogen-bond acceptors (Lipinski definition) is 2. The fraction of sp³-hybridized carbons (Fsp3) is 0.364. The highest BCUT2D eigenvalue weighted by Crippen LogP contribution is 2.12. The van der Waals surface area contributed by atoms with Gasteiger partial charge in [0.15, 0.2) is 0 Å². The number of alkyl halides is 1. The lowest BCUT2D eigenvalue weighted by molar-refractivity contribution is -0.136. The molecule has 0 heterocycles. The van der Waals surface area contributed by atoms with E-state index in [1.165, 1.54) is 0 Å². The lowest BCUT2D eigenvalue weighted by Gasteiger charge is -2.05. The topological polar surface area (TPSA) is 46.5 Å². The molecule has 1 aromatic carbocycles. The third-order valence-corrected chi connectivity index (χ3v) is 2.39. The van der Waals surface area contributed by atoms with Gasteiger partial charge in [0.25, 0.3) is 0 Å². The van der Waals surface area contributed by atoms with Crippen molar-refractivity contribution in [3.63, 3.8) is 0 Å². The molecule has 0 aliphatic rings. The molecule has 1 N–H and O–H groups in total. The lowest BCUT2D eigenvalue weighted by atomic mass is 10.1. The summed E-state index contributed by atoms with van der Waals surface area (Å²) in [5.74, 6) is -0.0342. The van der Waals surface area contributed by atoms with E-state index in [1.807, 2.05) is 0 Å². The Labute approximate surface area is 97.2 Å². The first-order chi connectivity index (χ1) is 7.22. The fourth-order valence-corrected chi connectivity index (χ4v) is 1.35. The maximum Gasteiger partial charge on any atom is 0.307 e. The largest absolute Gasteiger partial charge is 0.494 e. The molecule has 0 fully saturated rings. The molecule has 0 aromatic heterocycles. The van der Waals surface area contributed by atoms with Crippen LogP contribution in [0.15, 0.2) is 24.3 Å². The summed E-state index contributed by atoms with van der Waals surface area (Å²) in [5.41, 5.74) is 0.787. The number of benzene rings is 1. The first kappa shape index (κ1) is 12.0. The molecule has 0 aliphatic carbocycles. The Hall–Kier alpha value is -1.03. The highest BCUT2D eigenvalue weighted by Gasteiger charge is 2.00. The minimum absolute atomic E-state index is 0.0572. The molecule has 1 rings (SSSR count). The monoisotopic (exact) mass is 272 g/mol. The third-order valence-electron chi connectivity index (χ3n) is 1.83. The first-order valence-corrected chi connectivity index (χ1v) is 5.84. The van der Waals surface area contributed by atoms with Crippen molar-refractivity contribution in [3.05, 3.63) is 29.8 Å². The van der Waals surface area contributed by atoms with Crippen LogP contribution in [0.25, 0.3) is 0 Å². The summed E-state index contributed by atoms with van der Waals surface area (Å²) in [4.78, 5) is 10.4. The summed E-state index contributed by atoms with van der Waals surface area (Å²) >= 11 is 3.32. The average Bonchev–Trinajstić information content (AvgIpc) is 2.20. The Morgan fingerprint density at radius 2 is 2.00 bits per heavy atom. The second kappa shape index (κ2) is 6.45. The van der Waals surface area contributed by atoms with Crippen molar-refractivity contribution in [2.24, 2.45) is 0 Å². The van der Waals surface area contributed by atoms with Crippen LogP contribution in [-0.2, 0) is 11.2 Å². The minimum atomic E-state index is -0.817. The molecule has 4 heteroatoms. The van der Waals surface area contributed by atoms with Gasteiger partial charge >= 0.3 is 5.97 Å². The van der Waals surface area contributed by atoms with E-state index in [9.17, 15) is 4.79 Å². The molecule has 0 unspecified atom stereocenters. The zero-order valence-electron chi connectivity index (χ0n) is 8.28. The molecule has 0 saturated heterocycles. The summed E-state index contributed by atoms with van der Waals surface area (Å²) in [6, 6.07) is 7.15. The lowest BCUT2D eigenvalue weighted by Crippen LogP contribution is -2.00. The van der Waals surface area contributed by atoms with Crippen molar-refractivity contribution in [1.29, 1.82) is 0 Å². The second-order valence-electron chi connectivity index (χ2n) is 3.11. The van der Waals surface area contributed by atoms with Crippen LogP contribution in [0.2, 0.25) is 0 Å². The van der Waals surface area contributed by atoms with Crippen LogP contribution in [0.3, 0.4) is 0 Å². The van der Waals surface area contributed by atoms with E-state index in [1.54, 1.807) is 24.3 Å². The molecule has 0 amide bonds. The molecule has 0 bridgehead atoms. The molecule has 0 spiro atoms. The number of ether oxygens (including phenoxy) is 1. The van der Waals surface area contributed by atoms with Crippen LogP contribution in [-0.4, -0.2) is 23.0 Å². The molecule has 3 nitrogen and oxygen atoms in total. The summed E-state index contributed by atoms with van der Waals surface area (Å²) in [6.45, 7) is 0.670. The van der Waals surface area contributed by atoms with E-state index in [0.29, 0.717) is 6.61 Å². The van der Waals surface area contributed by atoms with Gasteiger partial charge in [-0.15, -0.1) is 0 Å². The van der Waals surface area contributed by atoms with Crippen LogP contribution >= 0.6 is 15.9 Å². The summed E-state index contributed by atoms with van der Waals surface area (Å²) in [6.07, 6.45) is 1.01. The van der Waals surface area contributed by atoms with Crippen LogP contribution in [0.1, 0.15) is 12.0 Å². The summed E-state index contributed by atoms with van der Waals surface area (Å²) in [5, 5.41) is 9.49. The number of hydrogen-bond donors (Lipinski definition) is 1. The fourth-order valence-electron chi connectivity index (χ4n) is 1.12. The molecular weight excluding hydrogens is 260 g/mol. The first-order valence-electron chi connectivity index (χ1n) is 4.72. The Morgan fingerprint density at radius 3 is 2.53 bits per heavy atom. The molecule has 82 valence electrons. The number of halogens is 1. The average molecular weight is 273 g/mol. The second-order valence-corrected chi connectivity index (χ2v) is 3.90. The van der Waals surface area contributed by atoms with Crippen LogP contribution in [0.4, 0.5) is 0 Å². The third kappa shape index (κ3) is 4.83. The van der Waals surface area contributed by atoms with E-state index < -0.39 is 5.97 Å². The maximum atomic E-state index is 10.4. The predicted molar refractivity (Wildman–Crippen MR) is 61.7 cm³/mol. The Kier molecular flexibility index (Phi) is 5.18. The highest BCUT2D eigenvalue weighted by atomic mass is 79.9. The van der Waals surface area contributed by atoms with Crippen LogP contribution in [0, 0.1) is 0 Å². The standard InChI is InChI=1S/C11H13BrO3/c12-6-1-7-15-10-4-2-9(3-5-10)8-11(13)14/h2-5H,1,6-8H2,(H,13,14). The number of carboxylic acid groups (broad SMARTS) is 1. The SMILES string of the molecule is O=C(O)Cc1ccc(OCCCBr)cc1. The Morgan fingerprint density at radius 1 is 1.33 bits per heavy atom. The zero-order valence-corrected chi connectivity index (χ0v) is 9.87. The van der Waals surface area contributed by atoms with Crippen molar-refractivity contribution in [3.8, 4) is 5.75 Å². The number of carboxylic acids is 1. The van der Waals surface area contributed by atoms with Gasteiger partial charge in [-0.1, -0.05) is 28.1 Å². The van der Waals surface area contributed by atoms with E-state index in [2.05, 4.69) is 15.9 Å².